The number of carbonyl (C=O) groups is 2. The Bertz CT molecular complexity index is 2360. The maximum absolute atomic E-state index is 12.9. The normalized spacial score (nSPS) is 14.2. The Hall–Kier alpha value is -7.10. The molecule has 0 atom stereocenters. The molecule has 4 aromatic heterocycles. The van der Waals surface area contributed by atoms with Gasteiger partial charge in [0.05, 0.1) is 16.7 Å². The van der Waals surface area contributed by atoms with Crippen LogP contribution in [-0.2, 0) is 0 Å². The molecule has 0 saturated carbocycles. The standard InChI is InChI=1S/C21H19N5O2.C11H13N3.C10H8N2O3/c1-14-24-20(25-28-14)17-3-2-4-18(11-17)21(27)26-9-7-16(8-10-26)19-6-5-15(12-22)13-23-19;12-7-9-1-2-11(14-8-9)10-3-5-13-6-4-10;1-6-11-9(12-15-6)7-3-2-4-8(5-7)10(13)14/h2-6,11,13,16H,7-10H2,1H3;1-2,8,10,13H,3-6H2;2-5H,1H3,(H,13,14). The molecule has 57 heavy (non-hydrogen) atoms. The van der Waals surface area contributed by atoms with E-state index < -0.39 is 5.97 Å². The number of likely N-dealkylation sites (tertiary alicyclic amines) is 1. The summed E-state index contributed by atoms with van der Waals surface area (Å²) in [5.41, 5.74) is 5.54. The molecule has 2 aliphatic rings. The summed E-state index contributed by atoms with van der Waals surface area (Å²) >= 11 is 0. The van der Waals surface area contributed by atoms with Gasteiger partial charge in [-0.2, -0.15) is 20.5 Å². The van der Waals surface area contributed by atoms with Crippen LogP contribution in [0.2, 0.25) is 0 Å². The van der Waals surface area contributed by atoms with Gasteiger partial charge >= 0.3 is 5.97 Å². The number of carboxylic acid groups (broad SMARTS) is 1. The summed E-state index contributed by atoms with van der Waals surface area (Å²) in [6.45, 7) is 6.92. The van der Waals surface area contributed by atoms with Crippen molar-refractivity contribution in [2.75, 3.05) is 26.2 Å². The molecule has 6 aromatic rings. The summed E-state index contributed by atoms with van der Waals surface area (Å²) in [6.07, 6.45) is 7.29. The smallest absolute Gasteiger partial charge is 0.335 e. The molecule has 2 aromatic carbocycles. The fourth-order valence-electron chi connectivity index (χ4n) is 6.52. The van der Waals surface area contributed by atoms with Crippen molar-refractivity contribution < 1.29 is 23.7 Å². The van der Waals surface area contributed by atoms with Crippen molar-refractivity contribution in [1.29, 1.82) is 10.5 Å². The number of hydrogen-bond donors (Lipinski definition) is 2. The summed E-state index contributed by atoms with van der Waals surface area (Å²) in [4.78, 5) is 42.5. The summed E-state index contributed by atoms with van der Waals surface area (Å²) in [5, 5.41) is 37.3. The monoisotopic (exact) mass is 764 g/mol. The number of pyridine rings is 2. The molecule has 0 radical (unpaired) electrons. The van der Waals surface area contributed by atoms with E-state index >= 15 is 0 Å². The minimum absolute atomic E-state index is 0.00769. The van der Waals surface area contributed by atoms with E-state index in [2.05, 4.69) is 47.7 Å². The number of aromatic nitrogens is 6. The number of amides is 1. The second-order valence-corrected chi connectivity index (χ2v) is 13.5. The van der Waals surface area contributed by atoms with Crippen molar-refractivity contribution in [3.63, 3.8) is 0 Å². The van der Waals surface area contributed by atoms with E-state index in [9.17, 15) is 9.59 Å². The molecular formula is C42H40N10O5. The Balaban J connectivity index is 0.000000159. The predicted molar refractivity (Wildman–Crippen MR) is 207 cm³/mol. The molecule has 2 N–H and O–H groups in total. The second-order valence-electron chi connectivity index (χ2n) is 13.5. The molecule has 2 fully saturated rings. The highest BCUT2D eigenvalue weighted by molar-refractivity contribution is 5.95. The van der Waals surface area contributed by atoms with Crippen LogP contribution in [0.3, 0.4) is 0 Å². The zero-order chi connectivity index (χ0) is 40.1. The molecule has 0 aliphatic carbocycles. The summed E-state index contributed by atoms with van der Waals surface area (Å²) in [5.74, 6) is 1.74. The number of nitriles is 2. The zero-order valence-electron chi connectivity index (χ0n) is 31.5. The first kappa shape index (κ1) is 39.6. The molecule has 2 aliphatic heterocycles. The molecule has 2 saturated heterocycles. The van der Waals surface area contributed by atoms with E-state index in [-0.39, 0.29) is 11.5 Å². The summed E-state index contributed by atoms with van der Waals surface area (Å²) in [6, 6.07) is 25.4. The van der Waals surface area contributed by atoms with Gasteiger partial charge in [-0.1, -0.05) is 34.6 Å². The van der Waals surface area contributed by atoms with E-state index in [1.54, 1.807) is 50.5 Å². The van der Waals surface area contributed by atoms with Gasteiger partial charge in [-0.3, -0.25) is 14.8 Å². The molecule has 15 heteroatoms. The number of hydrogen-bond acceptors (Lipinski definition) is 13. The van der Waals surface area contributed by atoms with Crippen LogP contribution in [0.25, 0.3) is 22.8 Å². The fraction of sp³-hybridized carbons (Fsp3) is 0.286. The van der Waals surface area contributed by atoms with Gasteiger partial charge < -0.3 is 24.4 Å². The van der Waals surface area contributed by atoms with Crippen LogP contribution in [0.15, 0.2) is 94.2 Å². The number of carboxylic acids is 1. The van der Waals surface area contributed by atoms with Crippen LogP contribution in [0.4, 0.5) is 0 Å². The van der Waals surface area contributed by atoms with Crippen LogP contribution in [0, 0.1) is 36.5 Å². The molecule has 0 spiro atoms. The van der Waals surface area contributed by atoms with Gasteiger partial charge in [-0.15, -0.1) is 0 Å². The Morgan fingerprint density at radius 3 is 1.65 bits per heavy atom. The van der Waals surface area contributed by atoms with Gasteiger partial charge in [0.25, 0.3) is 5.91 Å². The van der Waals surface area contributed by atoms with Gasteiger partial charge in [0.2, 0.25) is 23.4 Å². The van der Waals surface area contributed by atoms with Crippen molar-refractivity contribution in [1.82, 2.24) is 40.5 Å². The number of benzene rings is 2. The van der Waals surface area contributed by atoms with E-state index in [0.717, 1.165) is 55.7 Å². The molecular weight excluding hydrogens is 725 g/mol. The van der Waals surface area contributed by atoms with Gasteiger partial charge in [-0.25, -0.2) is 4.79 Å². The first-order chi connectivity index (χ1) is 27.7. The highest BCUT2D eigenvalue weighted by atomic mass is 16.5. The number of piperidine rings is 2. The number of carbonyl (C=O) groups excluding carboxylic acids is 1. The lowest BCUT2D eigenvalue weighted by atomic mass is 9.92. The maximum Gasteiger partial charge on any atom is 0.335 e. The lowest BCUT2D eigenvalue weighted by Gasteiger charge is -2.32. The average Bonchev–Trinajstić information content (AvgIpc) is 3.92. The number of aryl methyl sites for hydroxylation is 2. The van der Waals surface area contributed by atoms with E-state index in [1.807, 2.05) is 41.3 Å². The number of rotatable bonds is 6. The third-order valence-electron chi connectivity index (χ3n) is 9.58. The zero-order valence-corrected chi connectivity index (χ0v) is 31.5. The highest BCUT2D eigenvalue weighted by Gasteiger charge is 2.26. The Labute approximate surface area is 329 Å². The van der Waals surface area contributed by atoms with Crippen LogP contribution in [-0.4, -0.2) is 78.3 Å². The van der Waals surface area contributed by atoms with Crippen molar-refractivity contribution in [3.05, 3.63) is 131 Å². The Kier molecular flexibility index (Phi) is 13.2. The number of nitrogens with one attached hydrogen (secondary N) is 1. The lowest BCUT2D eigenvalue weighted by Crippen LogP contribution is -2.38. The first-order valence-electron chi connectivity index (χ1n) is 18.5. The average molecular weight is 765 g/mol. The predicted octanol–water partition coefficient (Wildman–Crippen LogP) is 6.50. The fourth-order valence-corrected chi connectivity index (χ4v) is 6.52. The minimum atomic E-state index is -0.975. The van der Waals surface area contributed by atoms with Crippen LogP contribution < -0.4 is 5.32 Å². The second kappa shape index (κ2) is 19.0. The Morgan fingerprint density at radius 1 is 0.719 bits per heavy atom. The van der Waals surface area contributed by atoms with Gasteiger partial charge in [0.1, 0.15) is 12.1 Å². The Morgan fingerprint density at radius 2 is 1.21 bits per heavy atom. The lowest BCUT2D eigenvalue weighted by molar-refractivity contribution is 0.0692. The van der Waals surface area contributed by atoms with E-state index in [4.69, 9.17) is 24.7 Å². The molecule has 0 bridgehead atoms. The third-order valence-corrected chi connectivity index (χ3v) is 9.58. The van der Waals surface area contributed by atoms with Crippen molar-refractivity contribution in [2.24, 2.45) is 0 Å². The third kappa shape index (κ3) is 10.6. The molecule has 8 rings (SSSR count). The van der Waals surface area contributed by atoms with Crippen molar-refractivity contribution in [3.8, 4) is 34.9 Å². The molecule has 0 unspecified atom stereocenters. The van der Waals surface area contributed by atoms with Crippen molar-refractivity contribution in [2.45, 2.75) is 51.4 Å². The van der Waals surface area contributed by atoms with E-state index in [0.29, 0.717) is 70.6 Å². The maximum atomic E-state index is 12.9. The molecule has 15 nitrogen and oxygen atoms in total. The number of aromatic carboxylic acids is 1. The topological polar surface area (TPSA) is 221 Å². The minimum Gasteiger partial charge on any atom is -0.478 e. The van der Waals surface area contributed by atoms with Crippen molar-refractivity contribution >= 4 is 11.9 Å². The van der Waals surface area contributed by atoms with E-state index in [1.165, 1.54) is 12.1 Å². The highest BCUT2D eigenvalue weighted by Crippen LogP contribution is 2.28. The van der Waals surface area contributed by atoms with Crippen LogP contribution >= 0.6 is 0 Å². The van der Waals surface area contributed by atoms with Crippen LogP contribution in [0.1, 0.15) is 92.5 Å². The summed E-state index contributed by atoms with van der Waals surface area (Å²) in [7, 11) is 0. The molecule has 1 amide bonds. The quantitative estimate of drug-likeness (QED) is 0.185. The molecule has 288 valence electrons. The SMILES string of the molecule is Cc1nc(-c2cccc(C(=O)N3CCC(c4ccc(C#N)cn4)CC3)c2)no1.Cc1nc(-c2cccc(C(=O)O)c2)no1.N#Cc1ccc(C2CCNCC2)nc1. The van der Waals surface area contributed by atoms with Gasteiger partial charge in [-0.05, 0) is 87.3 Å². The van der Waals surface area contributed by atoms with Gasteiger partial charge in [0, 0.05) is 79.2 Å². The summed E-state index contributed by atoms with van der Waals surface area (Å²) < 4.78 is 9.83. The molecule has 6 heterocycles. The van der Waals surface area contributed by atoms with Crippen LogP contribution in [0.5, 0.6) is 0 Å². The first-order valence-corrected chi connectivity index (χ1v) is 18.5. The number of nitrogens with zero attached hydrogens (tertiary/aromatic N) is 9. The largest absolute Gasteiger partial charge is 0.478 e. The van der Waals surface area contributed by atoms with Gasteiger partial charge in [0.15, 0.2) is 0 Å².